The minimum absolute atomic E-state index is 0.242. The van der Waals surface area contributed by atoms with Crippen molar-refractivity contribution in [1.29, 1.82) is 0 Å². The zero-order chi connectivity index (χ0) is 22.2. The molecule has 32 heavy (non-hydrogen) atoms. The third-order valence-electron chi connectivity index (χ3n) is 7.24. The van der Waals surface area contributed by atoms with Crippen molar-refractivity contribution in [2.24, 2.45) is 0 Å². The van der Waals surface area contributed by atoms with Gasteiger partial charge in [-0.15, -0.1) is 0 Å². The Kier molecular flexibility index (Phi) is 5.82. The van der Waals surface area contributed by atoms with E-state index >= 15 is 0 Å². The number of fused-ring (bicyclic) bond motifs is 2. The highest BCUT2D eigenvalue weighted by atomic mass is 16.2. The fraction of sp³-hybridized carbons (Fsp3) is 0.583. The molecule has 0 atom stereocenters. The number of likely N-dealkylation sites (tertiary alicyclic amines) is 2. The molecule has 0 radical (unpaired) electrons. The van der Waals surface area contributed by atoms with Crippen LogP contribution in [0.5, 0.6) is 0 Å². The van der Waals surface area contributed by atoms with Gasteiger partial charge in [-0.1, -0.05) is 12.8 Å². The smallest absolute Gasteiger partial charge is 0.261 e. The van der Waals surface area contributed by atoms with E-state index in [1.54, 1.807) is 0 Å². The number of hydrogen-bond donors (Lipinski definition) is 0. The molecule has 0 N–H and O–H groups in total. The normalized spacial score (nSPS) is 18.8. The summed E-state index contributed by atoms with van der Waals surface area (Å²) in [4.78, 5) is 56.4. The van der Waals surface area contributed by atoms with E-state index in [4.69, 9.17) is 0 Å². The number of piperidine rings is 2. The molecule has 2 fully saturated rings. The molecule has 2 aliphatic heterocycles. The van der Waals surface area contributed by atoms with Crippen molar-refractivity contribution >= 4 is 21.5 Å². The van der Waals surface area contributed by atoms with Crippen LogP contribution < -0.4 is 22.2 Å². The van der Waals surface area contributed by atoms with E-state index in [-0.39, 0.29) is 43.8 Å². The fourth-order valence-electron chi connectivity index (χ4n) is 5.33. The van der Waals surface area contributed by atoms with E-state index < -0.39 is 0 Å². The molecule has 2 aliphatic rings. The second-order valence-electron chi connectivity index (χ2n) is 9.27. The third-order valence-corrected chi connectivity index (χ3v) is 7.24. The Labute approximate surface area is 185 Å². The average Bonchev–Trinajstić information content (AvgIpc) is 3.20. The summed E-state index contributed by atoms with van der Waals surface area (Å²) < 4.78 is 2.52. The lowest BCUT2D eigenvalue weighted by atomic mass is 10.1. The molecular weight excluding hydrogens is 408 g/mol. The molecular formula is C24H30N4O4. The summed E-state index contributed by atoms with van der Waals surface area (Å²) in [5, 5.41) is 0.968. The maximum Gasteiger partial charge on any atom is 0.261 e. The van der Waals surface area contributed by atoms with Crippen LogP contribution in [0, 0.1) is 0 Å². The van der Waals surface area contributed by atoms with Gasteiger partial charge in [0.25, 0.3) is 22.2 Å². The summed E-state index contributed by atoms with van der Waals surface area (Å²) in [5.41, 5.74) is -1.46. The second kappa shape index (κ2) is 8.75. The lowest BCUT2D eigenvalue weighted by Crippen LogP contribution is -2.36. The van der Waals surface area contributed by atoms with Gasteiger partial charge in [0.05, 0.1) is 21.5 Å². The minimum atomic E-state index is -0.364. The predicted molar refractivity (Wildman–Crippen MR) is 125 cm³/mol. The van der Waals surface area contributed by atoms with Crippen LogP contribution in [-0.4, -0.2) is 58.2 Å². The number of hydrogen-bond acceptors (Lipinski definition) is 6. The minimum Gasteiger partial charge on any atom is -0.302 e. The van der Waals surface area contributed by atoms with Gasteiger partial charge >= 0.3 is 0 Å². The van der Waals surface area contributed by atoms with Crippen molar-refractivity contribution in [3.63, 3.8) is 0 Å². The molecule has 8 heteroatoms. The maximum absolute atomic E-state index is 13.0. The molecule has 0 spiro atoms. The monoisotopic (exact) mass is 438 g/mol. The summed E-state index contributed by atoms with van der Waals surface area (Å²) in [7, 11) is 0. The Morgan fingerprint density at radius 2 is 0.781 bits per heavy atom. The van der Waals surface area contributed by atoms with Crippen LogP contribution in [0.2, 0.25) is 0 Å². The average molecular weight is 439 g/mol. The van der Waals surface area contributed by atoms with Crippen molar-refractivity contribution in [3.05, 3.63) is 53.5 Å². The molecule has 0 unspecified atom stereocenters. The van der Waals surface area contributed by atoms with Gasteiger partial charge in [-0.25, -0.2) is 0 Å². The van der Waals surface area contributed by atoms with Crippen molar-refractivity contribution in [2.75, 3.05) is 39.3 Å². The summed E-state index contributed by atoms with van der Waals surface area (Å²) in [6.07, 6.45) is 7.04. The summed E-state index contributed by atoms with van der Waals surface area (Å²) in [6, 6.07) is 2.93. The van der Waals surface area contributed by atoms with Gasteiger partial charge in [-0.3, -0.25) is 28.3 Å². The first-order chi connectivity index (χ1) is 15.5. The highest BCUT2D eigenvalue weighted by Gasteiger charge is 2.20. The summed E-state index contributed by atoms with van der Waals surface area (Å²) >= 11 is 0. The molecule has 5 rings (SSSR count). The predicted octanol–water partition coefficient (Wildman–Crippen LogP) is 0.884. The van der Waals surface area contributed by atoms with Crippen LogP contribution in [0.15, 0.2) is 31.3 Å². The van der Waals surface area contributed by atoms with E-state index in [0.717, 1.165) is 51.9 Å². The summed E-state index contributed by atoms with van der Waals surface area (Å²) in [5.74, 6) is 0. The fourth-order valence-corrected chi connectivity index (χ4v) is 5.33. The Bertz CT molecular complexity index is 1150. The van der Waals surface area contributed by atoms with Crippen LogP contribution in [0.25, 0.3) is 21.5 Å². The van der Waals surface area contributed by atoms with Gasteiger partial charge < -0.3 is 9.80 Å². The van der Waals surface area contributed by atoms with Crippen LogP contribution in [-0.2, 0) is 13.1 Å². The van der Waals surface area contributed by atoms with Crippen molar-refractivity contribution in [1.82, 2.24) is 18.9 Å². The highest BCUT2D eigenvalue weighted by molar-refractivity contribution is 5.97. The molecule has 2 saturated heterocycles. The first-order valence-electron chi connectivity index (χ1n) is 11.9. The van der Waals surface area contributed by atoms with Crippen molar-refractivity contribution in [3.8, 4) is 0 Å². The van der Waals surface area contributed by atoms with E-state index in [1.165, 1.54) is 34.1 Å². The van der Waals surface area contributed by atoms with E-state index in [0.29, 0.717) is 26.2 Å². The van der Waals surface area contributed by atoms with Gasteiger partial charge in [-0.2, -0.15) is 0 Å². The van der Waals surface area contributed by atoms with Gasteiger partial charge in [0.15, 0.2) is 0 Å². The molecule has 170 valence electrons. The molecule has 1 aromatic carbocycles. The Balaban J connectivity index is 1.46. The molecule has 8 nitrogen and oxygen atoms in total. The van der Waals surface area contributed by atoms with Gasteiger partial charge in [-0.05, 0) is 64.0 Å². The molecule has 0 saturated carbocycles. The number of rotatable bonds is 6. The number of nitrogens with zero attached hydrogens (tertiary/aromatic N) is 4. The molecule has 2 aromatic heterocycles. The topological polar surface area (TPSA) is 84.6 Å². The van der Waals surface area contributed by atoms with Crippen LogP contribution in [0.1, 0.15) is 38.5 Å². The molecule has 4 heterocycles. The van der Waals surface area contributed by atoms with Crippen LogP contribution in [0.3, 0.4) is 0 Å². The lowest BCUT2D eigenvalue weighted by molar-refractivity contribution is 0.219. The van der Waals surface area contributed by atoms with E-state index in [2.05, 4.69) is 9.80 Å². The van der Waals surface area contributed by atoms with Crippen LogP contribution in [0.4, 0.5) is 0 Å². The Morgan fingerprint density at radius 1 is 0.469 bits per heavy atom. The largest absolute Gasteiger partial charge is 0.302 e. The lowest BCUT2D eigenvalue weighted by Gasteiger charge is -2.26. The van der Waals surface area contributed by atoms with Crippen LogP contribution >= 0.6 is 0 Å². The molecule has 0 amide bonds. The standard InChI is InChI=1S/C24H30N4O4/c29-21-17-15-19-20(24(32)28(23(19)31)14-12-26-9-5-2-6-10-26)16-18(17)22(30)27(21)13-11-25-7-3-1-4-8-25/h15-16H,1-14H2. The first-order valence-corrected chi connectivity index (χ1v) is 11.9. The van der Waals surface area contributed by atoms with Gasteiger partial charge in [0.1, 0.15) is 0 Å². The first kappa shape index (κ1) is 21.3. The molecule has 3 aromatic rings. The van der Waals surface area contributed by atoms with E-state index in [9.17, 15) is 19.2 Å². The van der Waals surface area contributed by atoms with Gasteiger partial charge in [0, 0.05) is 26.2 Å². The zero-order valence-corrected chi connectivity index (χ0v) is 18.5. The van der Waals surface area contributed by atoms with E-state index in [1.807, 2.05) is 0 Å². The summed E-state index contributed by atoms with van der Waals surface area (Å²) in [6.45, 7) is 5.96. The Morgan fingerprint density at radius 3 is 1.09 bits per heavy atom. The van der Waals surface area contributed by atoms with Crippen molar-refractivity contribution in [2.45, 2.75) is 51.6 Å². The van der Waals surface area contributed by atoms with Crippen molar-refractivity contribution < 1.29 is 0 Å². The second-order valence-corrected chi connectivity index (χ2v) is 9.27. The third kappa shape index (κ3) is 3.75. The Hall–Kier alpha value is -2.58. The number of benzene rings is 1. The molecule has 0 aliphatic carbocycles. The SMILES string of the molecule is O=c1c2cc3c(=O)n(CCN4CCCCC4)c(=O)c3cc2c(=O)n1CCN1CCCCC1. The molecule has 0 bridgehead atoms. The van der Waals surface area contributed by atoms with Gasteiger partial charge in [0.2, 0.25) is 0 Å². The number of aromatic nitrogens is 2. The quantitative estimate of drug-likeness (QED) is 0.568. The highest BCUT2D eigenvalue weighted by Crippen LogP contribution is 2.15. The maximum atomic E-state index is 13.0. The zero-order valence-electron chi connectivity index (χ0n) is 18.5.